The molecule has 1 rings (SSSR count). The Labute approximate surface area is 135 Å². The Morgan fingerprint density at radius 2 is 1.62 bits per heavy atom. The minimum Gasteiger partial charge on any atom is -0.357 e. The third-order valence-corrected chi connectivity index (χ3v) is 3.99. The van der Waals surface area contributed by atoms with Crippen LogP contribution in [-0.2, 0) is 11.3 Å². The molecule has 0 aliphatic heterocycles. The summed E-state index contributed by atoms with van der Waals surface area (Å²) in [4.78, 5) is 7.35. The van der Waals surface area contributed by atoms with Crippen LogP contribution in [0.5, 0.6) is 0 Å². The third kappa shape index (κ3) is 5.86. The van der Waals surface area contributed by atoms with Crippen molar-refractivity contribution in [1.29, 1.82) is 0 Å². The zero-order chi connectivity index (χ0) is 15.9. The smallest absolute Gasteiger partial charge is 0.129 e. The standard InChI is InChI=1S/C18H31ClN2/c1-6-8-10-21(11-9-7-2)17-13-15(14-19)12-16(20-17)18(3,4)5/h12-13H,6-11,14H2,1-5H3. The van der Waals surface area contributed by atoms with E-state index in [1.807, 2.05) is 0 Å². The maximum Gasteiger partial charge on any atom is 0.129 e. The highest BCUT2D eigenvalue weighted by Crippen LogP contribution is 2.26. The van der Waals surface area contributed by atoms with Crippen LogP contribution in [0, 0.1) is 0 Å². The Morgan fingerprint density at radius 3 is 2.05 bits per heavy atom. The molecule has 0 aliphatic carbocycles. The predicted molar refractivity (Wildman–Crippen MR) is 94.5 cm³/mol. The van der Waals surface area contributed by atoms with Crippen molar-refractivity contribution in [2.75, 3.05) is 18.0 Å². The number of anilines is 1. The van der Waals surface area contributed by atoms with Crippen molar-refractivity contribution in [2.24, 2.45) is 0 Å². The van der Waals surface area contributed by atoms with E-state index in [0.29, 0.717) is 5.88 Å². The molecule has 0 N–H and O–H groups in total. The summed E-state index contributed by atoms with van der Waals surface area (Å²) in [7, 11) is 0. The molecule has 0 saturated heterocycles. The van der Waals surface area contributed by atoms with Gasteiger partial charge in [0.05, 0.1) is 0 Å². The lowest BCUT2D eigenvalue weighted by atomic mass is 9.91. The minimum absolute atomic E-state index is 0.0536. The molecule has 0 unspecified atom stereocenters. The summed E-state index contributed by atoms with van der Waals surface area (Å²) in [5.74, 6) is 1.65. The van der Waals surface area contributed by atoms with Crippen LogP contribution in [0.25, 0.3) is 0 Å². The summed E-state index contributed by atoms with van der Waals surface area (Å²) in [5, 5.41) is 0. The second-order valence-corrected chi connectivity index (χ2v) is 7.06. The van der Waals surface area contributed by atoms with Gasteiger partial charge in [0.15, 0.2) is 0 Å². The molecule has 0 bridgehead atoms. The highest BCUT2D eigenvalue weighted by atomic mass is 35.5. The van der Waals surface area contributed by atoms with Crippen molar-refractivity contribution in [1.82, 2.24) is 4.98 Å². The monoisotopic (exact) mass is 310 g/mol. The third-order valence-electron chi connectivity index (χ3n) is 3.68. The Balaban J connectivity index is 3.09. The molecule has 2 nitrogen and oxygen atoms in total. The van der Waals surface area contributed by atoms with Gasteiger partial charge in [0.25, 0.3) is 0 Å². The fourth-order valence-corrected chi connectivity index (χ4v) is 2.39. The predicted octanol–water partition coefficient (Wildman–Crippen LogP) is 5.52. The van der Waals surface area contributed by atoms with E-state index in [1.165, 1.54) is 31.2 Å². The van der Waals surface area contributed by atoms with Crippen LogP contribution >= 0.6 is 11.6 Å². The molecule has 3 heteroatoms. The minimum atomic E-state index is 0.0536. The maximum absolute atomic E-state index is 6.09. The van der Waals surface area contributed by atoms with Gasteiger partial charge in [-0.3, -0.25) is 0 Å². The van der Waals surface area contributed by atoms with Crippen LogP contribution in [0.4, 0.5) is 5.82 Å². The summed E-state index contributed by atoms with van der Waals surface area (Å²) in [5.41, 5.74) is 2.36. The van der Waals surface area contributed by atoms with Gasteiger partial charge in [0.2, 0.25) is 0 Å². The van der Waals surface area contributed by atoms with Crippen LogP contribution in [0.1, 0.15) is 71.6 Å². The Kier molecular flexibility index (Phi) is 7.51. The van der Waals surface area contributed by atoms with Crippen LogP contribution in [0.2, 0.25) is 0 Å². The molecule has 1 heterocycles. The van der Waals surface area contributed by atoms with Gasteiger partial charge in [0, 0.05) is 30.1 Å². The molecule has 1 aromatic heterocycles. The second kappa shape index (κ2) is 8.63. The van der Waals surface area contributed by atoms with E-state index >= 15 is 0 Å². The van der Waals surface area contributed by atoms with Gasteiger partial charge >= 0.3 is 0 Å². The zero-order valence-electron chi connectivity index (χ0n) is 14.4. The first-order valence-electron chi connectivity index (χ1n) is 8.24. The first-order valence-corrected chi connectivity index (χ1v) is 8.78. The van der Waals surface area contributed by atoms with E-state index in [2.05, 4.69) is 51.7 Å². The van der Waals surface area contributed by atoms with Crippen LogP contribution < -0.4 is 4.90 Å². The van der Waals surface area contributed by atoms with E-state index in [-0.39, 0.29) is 5.41 Å². The van der Waals surface area contributed by atoms with Crippen molar-refractivity contribution < 1.29 is 0 Å². The second-order valence-electron chi connectivity index (χ2n) is 6.80. The van der Waals surface area contributed by atoms with Crippen molar-refractivity contribution in [3.05, 3.63) is 23.4 Å². The number of unbranched alkanes of at least 4 members (excludes halogenated alkanes) is 2. The molecule has 21 heavy (non-hydrogen) atoms. The molecular formula is C18H31ClN2. The van der Waals surface area contributed by atoms with Gasteiger partial charge in [-0.1, -0.05) is 47.5 Å². The summed E-state index contributed by atoms with van der Waals surface area (Å²) in [6, 6.07) is 4.31. The summed E-state index contributed by atoms with van der Waals surface area (Å²) in [6.07, 6.45) is 4.84. The summed E-state index contributed by atoms with van der Waals surface area (Å²) in [6.45, 7) is 13.3. The van der Waals surface area contributed by atoms with Crippen molar-refractivity contribution in [2.45, 2.75) is 71.6 Å². The van der Waals surface area contributed by atoms with Gasteiger partial charge < -0.3 is 4.90 Å². The number of aromatic nitrogens is 1. The molecule has 0 aliphatic rings. The SMILES string of the molecule is CCCCN(CCCC)c1cc(CCl)cc(C(C)(C)C)n1. The number of halogens is 1. The average Bonchev–Trinajstić information content (AvgIpc) is 2.46. The van der Waals surface area contributed by atoms with Crippen LogP contribution in [-0.4, -0.2) is 18.1 Å². The Morgan fingerprint density at radius 1 is 1.05 bits per heavy atom. The van der Waals surface area contributed by atoms with Crippen molar-refractivity contribution in [3.8, 4) is 0 Å². The molecular weight excluding hydrogens is 280 g/mol. The van der Waals surface area contributed by atoms with Crippen LogP contribution in [0.3, 0.4) is 0 Å². The van der Waals surface area contributed by atoms with E-state index in [0.717, 1.165) is 24.6 Å². The number of hydrogen-bond acceptors (Lipinski definition) is 2. The maximum atomic E-state index is 6.09. The average molecular weight is 311 g/mol. The van der Waals surface area contributed by atoms with Gasteiger partial charge in [-0.2, -0.15) is 0 Å². The normalized spacial score (nSPS) is 11.7. The molecule has 1 aromatic rings. The summed E-state index contributed by atoms with van der Waals surface area (Å²) >= 11 is 6.09. The molecule has 0 radical (unpaired) electrons. The lowest BCUT2D eigenvalue weighted by molar-refractivity contribution is 0.565. The zero-order valence-corrected chi connectivity index (χ0v) is 15.1. The molecule has 0 aromatic carbocycles. The molecule has 120 valence electrons. The van der Waals surface area contributed by atoms with E-state index in [4.69, 9.17) is 16.6 Å². The number of rotatable bonds is 8. The van der Waals surface area contributed by atoms with E-state index in [1.54, 1.807) is 0 Å². The lowest BCUT2D eigenvalue weighted by Crippen LogP contribution is -2.28. The first-order chi connectivity index (χ1) is 9.92. The number of pyridine rings is 1. The highest BCUT2D eigenvalue weighted by Gasteiger charge is 2.18. The van der Waals surface area contributed by atoms with E-state index < -0.39 is 0 Å². The number of alkyl halides is 1. The molecule has 0 atom stereocenters. The van der Waals surface area contributed by atoms with Gasteiger partial charge in [0.1, 0.15) is 5.82 Å². The van der Waals surface area contributed by atoms with Gasteiger partial charge in [-0.05, 0) is 30.5 Å². The number of hydrogen-bond donors (Lipinski definition) is 0. The molecule has 0 spiro atoms. The largest absolute Gasteiger partial charge is 0.357 e. The Hall–Kier alpha value is -0.760. The highest BCUT2D eigenvalue weighted by molar-refractivity contribution is 6.17. The topological polar surface area (TPSA) is 16.1 Å². The molecule has 0 amide bonds. The van der Waals surface area contributed by atoms with Crippen molar-refractivity contribution >= 4 is 17.4 Å². The fourth-order valence-electron chi connectivity index (χ4n) is 2.23. The first kappa shape index (κ1) is 18.3. The number of nitrogens with zero attached hydrogens (tertiary/aromatic N) is 2. The molecule has 0 fully saturated rings. The summed E-state index contributed by atoms with van der Waals surface area (Å²) < 4.78 is 0. The molecule has 0 saturated carbocycles. The van der Waals surface area contributed by atoms with Crippen LogP contribution in [0.15, 0.2) is 12.1 Å². The van der Waals surface area contributed by atoms with E-state index in [9.17, 15) is 0 Å². The van der Waals surface area contributed by atoms with Gasteiger partial charge in [-0.15, -0.1) is 11.6 Å². The lowest BCUT2D eigenvalue weighted by Gasteiger charge is -2.27. The van der Waals surface area contributed by atoms with Gasteiger partial charge in [-0.25, -0.2) is 4.98 Å². The Bertz CT molecular complexity index is 416. The van der Waals surface area contributed by atoms with Crippen molar-refractivity contribution in [3.63, 3.8) is 0 Å². The quantitative estimate of drug-likeness (QED) is 0.587. The fraction of sp³-hybridized carbons (Fsp3) is 0.722.